The zero-order chi connectivity index (χ0) is 22.1. The van der Waals surface area contributed by atoms with E-state index in [4.69, 9.17) is 4.74 Å². The summed E-state index contributed by atoms with van der Waals surface area (Å²) in [6, 6.07) is 6.22. The summed E-state index contributed by atoms with van der Waals surface area (Å²) in [5.74, 6) is -0.946. The molecule has 1 aromatic carbocycles. The number of aromatic nitrogens is 1. The average Bonchev–Trinajstić information content (AvgIpc) is 3.32. The molecule has 2 aromatic rings. The van der Waals surface area contributed by atoms with Crippen LogP contribution in [-0.4, -0.2) is 48.4 Å². The second-order valence-corrected chi connectivity index (χ2v) is 9.36. The number of carbonyl (C=O) groups excluding carboxylic acids is 2. The van der Waals surface area contributed by atoms with Gasteiger partial charge in [-0.15, -0.1) is 0 Å². The van der Waals surface area contributed by atoms with Crippen LogP contribution in [0.5, 0.6) is 0 Å². The second kappa shape index (κ2) is 8.61. The van der Waals surface area contributed by atoms with Crippen molar-refractivity contribution in [2.24, 2.45) is 7.05 Å². The first kappa shape index (κ1) is 22.0. The van der Waals surface area contributed by atoms with E-state index in [9.17, 15) is 18.0 Å². The number of anilines is 1. The summed E-state index contributed by atoms with van der Waals surface area (Å²) in [5.41, 5.74) is 2.73. The summed E-state index contributed by atoms with van der Waals surface area (Å²) < 4.78 is 34.1. The molecule has 0 spiro atoms. The van der Waals surface area contributed by atoms with E-state index < -0.39 is 22.0 Å². The van der Waals surface area contributed by atoms with Gasteiger partial charge in [0.25, 0.3) is 0 Å². The number of nitrogens with one attached hydrogen (secondary N) is 1. The smallest absolute Gasteiger partial charge is 0.354 e. The molecule has 2 heterocycles. The number of amides is 1. The summed E-state index contributed by atoms with van der Waals surface area (Å²) in [6.45, 7) is 5.94. The Labute approximate surface area is 176 Å². The first-order valence-corrected chi connectivity index (χ1v) is 11.3. The highest BCUT2D eigenvalue weighted by atomic mass is 32.2. The van der Waals surface area contributed by atoms with Gasteiger partial charge in [0.1, 0.15) is 16.6 Å². The maximum absolute atomic E-state index is 13.2. The van der Waals surface area contributed by atoms with E-state index >= 15 is 0 Å². The molecular formula is C21H27N3O5S. The summed E-state index contributed by atoms with van der Waals surface area (Å²) in [7, 11) is -2.37. The van der Waals surface area contributed by atoms with Gasteiger partial charge < -0.3 is 14.6 Å². The van der Waals surface area contributed by atoms with E-state index in [1.54, 1.807) is 14.0 Å². The van der Waals surface area contributed by atoms with Crippen LogP contribution in [0.15, 0.2) is 35.4 Å². The number of sulfonamides is 1. The molecule has 0 saturated carbocycles. The van der Waals surface area contributed by atoms with Gasteiger partial charge in [0.15, 0.2) is 0 Å². The normalized spacial score (nSPS) is 17.1. The van der Waals surface area contributed by atoms with Crippen molar-refractivity contribution in [2.45, 2.75) is 44.6 Å². The summed E-state index contributed by atoms with van der Waals surface area (Å²) in [4.78, 5) is 25.0. The number of hydrogen-bond donors (Lipinski definition) is 1. The summed E-state index contributed by atoms with van der Waals surface area (Å²) in [5, 5.41) is 2.87. The second-order valence-electron chi connectivity index (χ2n) is 7.47. The predicted octanol–water partition coefficient (Wildman–Crippen LogP) is 2.61. The van der Waals surface area contributed by atoms with Crippen LogP contribution in [0.3, 0.4) is 0 Å². The Morgan fingerprint density at radius 1 is 1.23 bits per heavy atom. The van der Waals surface area contributed by atoms with Crippen LogP contribution in [0.1, 0.15) is 41.4 Å². The number of ether oxygens (including phenoxy) is 1. The number of esters is 1. The molecule has 0 radical (unpaired) electrons. The number of rotatable bonds is 6. The molecular weight excluding hydrogens is 406 g/mol. The molecule has 1 N–H and O–H groups in total. The Hall–Kier alpha value is -2.65. The number of benzene rings is 1. The fourth-order valence-electron chi connectivity index (χ4n) is 3.60. The predicted molar refractivity (Wildman–Crippen MR) is 113 cm³/mol. The number of carbonyl (C=O) groups is 2. The van der Waals surface area contributed by atoms with Crippen LogP contribution in [-0.2, 0) is 26.6 Å². The highest BCUT2D eigenvalue weighted by Gasteiger charge is 2.40. The van der Waals surface area contributed by atoms with Gasteiger partial charge in [0.2, 0.25) is 15.9 Å². The number of aryl methyl sites for hydroxylation is 3. The van der Waals surface area contributed by atoms with E-state index in [0.717, 1.165) is 11.1 Å². The van der Waals surface area contributed by atoms with Gasteiger partial charge in [0, 0.05) is 25.5 Å². The van der Waals surface area contributed by atoms with E-state index in [2.05, 4.69) is 5.32 Å². The maximum atomic E-state index is 13.2. The molecule has 1 aliphatic heterocycles. The molecule has 0 bridgehead atoms. The minimum Gasteiger partial charge on any atom is -0.461 e. The zero-order valence-corrected chi connectivity index (χ0v) is 18.5. The molecule has 0 unspecified atom stereocenters. The number of hydrogen-bond acceptors (Lipinski definition) is 5. The Morgan fingerprint density at radius 3 is 2.67 bits per heavy atom. The van der Waals surface area contributed by atoms with Crippen LogP contribution in [0, 0.1) is 13.8 Å². The molecule has 1 atom stereocenters. The largest absolute Gasteiger partial charge is 0.461 e. The van der Waals surface area contributed by atoms with Crippen molar-refractivity contribution in [2.75, 3.05) is 18.5 Å². The Bertz CT molecular complexity index is 1070. The minimum absolute atomic E-state index is 0.0283. The van der Waals surface area contributed by atoms with E-state index in [-0.39, 0.29) is 29.6 Å². The minimum atomic E-state index is -3.95. The first-order valence-electron chi connectivity index (χ1n) is 9.88. The molecule has 9 heteroatoms. The molecule has 1 aromatic heterocycles. The lowest BCUT2D eigenvalue weighted by molar-refractivity contribution is -0.119. The van der Waals surface area contributed by atoms with E-state index in [1.165, 1.54) is 21.1 Å². The Balaban J connectivity index is 1.85. The fourth-order valence-corrected chi connectivity index (χ4v) is 5.32. The molecule has 1 fully saturated rings. The van der Waals surface area contributed by atoms with Gasteiger partial charge in [-0.05, 0) is 56.9 Å². The van der Waals surface area contributed by atoms with Crippen LogP contribution >= 0.6 is 0 Å². The third kappa shape index (κ3) is 4.27. The summed E-state index contributed by atoms with van der Waals surface area (Å²) >= 11 is 0. The Morgan fingerprint density at radius 2 is 1.97 bits per heavy atom. The molecule has 1 aliphatic rings. The molecule has 30 heavy (non-hydrogen) atoms. The lowest BCUT2D eigenvalue weighted by atomic mass is 10.1. The van der Waals surface area contributed by atoms with Crippen molar-refractivity contribution in [3.63, 3.8) is 0 Å². The lowest BCUT2D eigenvalue weighted by Gasteiger charge is -2.23. The highest BCUT2D eigenvalue weighted by molar-refractivity contribution is 7.89. The van der Waals surface area contributed by atoms with E-state index in [1.807, 2.05) is 32.0 Å². The molecule has 8 nitrogen and oxygen atoms in total. The zero-order valence-electron chi connectivity index (χ0n) is 17.6. The fraction of sp³-hybridized carbons (Fsp3) is 0.429. The highest BCUT2D eigenvalue weighted by Crippen LogP contribution is 2.28. The molecule has 1 saturated heterocycles. The van der Waals surface area contributed by atoms with E-state index in [0.29, 0.717) is 18.5 Å². The Kier molecular flexibility index (Phi) is 6.33. The third-order valence-corrected chi connectivity index (χ3v) is 7.10. The number of nitrogens with zero attached hydrogens (tertiary/aromatic N) is 2. The van der Waals surface area contributed by atoms with Gasteiger partial charge in [-0.1, -0.05) is 12.1 Å². The molecule has 1 amide bonds. The third-order valence-electron chi connectivity index (χ3n) is 5.23. The SMILES string of the molecule is CCOC(=O)c1cc(S(=O)(=O)N2CCC[C@H]2C(=O)Nc2cc(C)ccc2C)cn1C. The molecule has 162 valence electrons. The maximum Gasteiger partial charge on any atom is 0.354 e. The van der Waals surface area contributed by atoms with Crippen molar-refractivity contribution >= 4 is 27.6 Å². The van der Waals surface area contributed by atoms with Crippen LogP contribution in [0.2, 0.25) is 0 Å². The van der Waals surface area contributed by atoms with Crippen LogP contribution < -0.4 is 5.32 Å². The lowest BCUT2D eigenvalue weighted by Crippen LogP contribution is -2.43. The monoisotopic (exact) mass is 433 g/mol. The average molecular weight is 434 g/mol. The van der Waals surface area contributed by atoms with Gasteiger partial charge >= 0.3 is 5.97 Å². The van der Waals surface area contributed by atoms with Gasteiger partial charge in [0.05, 0.1) is 6.61 Å². The first-order chi connectivity index (χ1) is 14.1. The summed E-state index contributed by atoms with van der Waals surface area (Å²) in [6.07, 6.45) is 2.40. The van der Waals surface area contributed by atoms with Crippen molar-refractivity contribution in [3.8, 4) is 0 Å². The van der Waals surface area contributed by atoms with Gasteiger partial charge in [-0.3, -0.25) is 4.79 Å². The topological polar surface area (TPSA) is 97.7 Å². The molecule has 3 rings (SSSR count). The van der Waals surface area contributed by atoms with Crippen molar-refractivity contribution in [3.05, 3.63) is 47.3 Å². The van der Waals surface area contributed by atoms with Crippen molar-refractivity contribution in [1.82, 2.24) is 8.87 Å². The van der Waals surface area contributed by atoms with Gasteiger partial charge in [-0.25, -0.2) is 13.2 Å². The van der Waals surface area contributed by atoms with Crippen molar-refractivity contribution < 1.29 is 22.7 Å². The van der Waals surface area contributed by atoms with Crippen molar-refractivity contribution in [1.29, 1.82) is 0 Å². The quantitative estimate of drug-likeness (QED) is 0.706. The van der Waals surface area contributed by atoms with Crippen LogP contribution in [0.25, 0.3) is 0 Å². The molecule has 0 aliphatic carbocycles. The van der Waals surface area contributed by atoms with Crippen LogP contribution in [0.4, 0.5) is 5.69 Å². The standard InChI is InChI=1S/C21H27N3O5S/c1-5-29-21(26)19-12-16(13-23(19)4)30(27,28)24-10-6-7-18(24)20(25)22-17-11-14(2)8-9-15(17)3/h8-9,11-13,18H,5-7,10H2,1-4H3,(H,22,25)/t18-/m0/s1. The van der Waals surface area contributed by atoms with Gasteiger partial charge in [-0.2, -0.15) is 4.31 Å².